The van der Waals surface area contributed by atoms with E-state index < -0.39 is 5.97 Å². The van der Waals surface area contributed by atoms with Crippen molar-refractivity contribution in [3.63, 3.8) is 0 Å². The van der Waals surface area contributed by atoms with E-state index in [1.807, 2.05) is 97.1 Å². The van der Waals surface area contributed by atoms with E-state index in [0.717, 1.165) is 27.8 Å². The first-order valence-electron chi connectivity index (χ1n) is 9.10. The third kappa shape index (κ3) is 3.76. The molecule has 0 fully saturated rings. The van der Waals surface area contributed by atoms with Gasteiger partial charge in [0.2, 0.25) is 0 Å². The number of benzene rings is 4. The smallest absolute Gasteiger partial charge is 0.340 e. The van der Waals surface area contributed by atoms with Crippen molar-refractivity contribution in [2.45, 2.75) is 0 Å². The first kappa shape index (κ1) is 19.2. The molecule has 0 saturated heterocycles. The van der Waals surface area contributed by atoms with Gasteiger partial charge in [0.15, 0.2) is 28.8 Å². The first-order valence-corrected chi connectivity index (χ1v) is 9.98. The number of carboxylic acids is 1. The van der Waals surface area contributed by atoms with Gasteiger partial charge in [0.05, 0.1) is 0 Å². The van der Waals surface area contributed by atoms with E-state index in [1.54, 1.807) is 23.0 Å². The Balaban J connectivity index is 2.15. The third-order valence-corrected chi connectivity index (χ3v) is 5.24. The van der Waals surface area contributed by atoms with Gasteiger partial charge in [0.1, 0.15) is 5.56 Å². The van der Waals surface area contributed by atoms with Crippen LogP contribution in [0.4, 0.5) is 0 Å². The van der Waals surface area contributed by atoms with E-state index in [2.05, 4.69) is 0 Å². The van der Waals surface area contributed by atoms with Crippen molar-refractivity contribution >= 4 is 29.0 Å². The number of halogens is 1. The molecule has 4 heteroatoms. The zero-order valence-corrected chi connectivity index (χ0v) is 17.5. The topological polar surface area (TPSA) is 46.5 Å². The molecule has 0 saturated carbocycles. The van der Waals surface area contributed by atoms with Crippen molar-refractivity contribution in [1.29, 1.82) is 0 Å². The molecule has 0 aromatic heterocycles. The molecule has 0 atom stereocenters. The lowest BCUT2D eigenvalue weighted by molar-refractivity contribution is 0.0696. The highest BCUT2D eigenvalue weighted by atomic mass is 127. The van der Waals surface area contributed by atoms with Crippen molar-refractivity contribution in [3.8, 4) is 39.1 Å². The molecule has 0 bridgehead atoms. The summed E-state index contributed by atoms with van der Waals surface area (Å²) in [4.78, 5) is 12.5. The summed E-state index contributed by atoms with van der Waals surface area (Å²) in [6.07, 6.45) is 0. The van der Waals surface area contributed by atoms with Crippen LogP contribution in [-0.2, 0) is 0 Å². The molecule has 29 heavy (non-hydrogen) atoms. The molecular formula is C25H17IO3. The summed E-state index contributed by atoms with van der Waals surface area (Å²) in [7, 11) is 0. The Kier molecular flexibility index (Phi) is 5.62. The lowest BCUT2D eigenvalue weighted by Gasteiger charge is -2.19. The minimum absolute atomic E-state index is 0.158. The third-order valence-electron chi connectivity index (χ3n) is 4.80. The average Bonchev–Trinajstić information content (AvgIpc) is 2.79. The second kappa shape index (κ2) is 8.49. The van der Waals surface area contributed by atoms with Crippen molar-refractivity contribution < 1.29 is 13.0 Å². The Morgan fingerprint density at radius 1 is 0.690 bits per heavy atom. The van der Waals surface area contributed by atoms with Crippen LogP contribution in [0.25, 0.3) is 33.4 Å². The largest absolute Gasteiger partial charge is 0.478 e. The van der Waals surface area contributed by atoms with E-state index in [0.29, 0.717) is 11.3 Å². The van der Waals surface area contributed by atoms with E-state index in [9.17, 15) is 9.90 Å². The van der Waals surface area contributed by atoms with Crippen molar-refractivity contribution in [3.05, 3.63) is 103 Å². The zero-order chi connectivity index (χ0) is 20.2. The van der Waals surface area contributed by atoms with Crippen molar-refractivity contribution in [2.24, 2.45) is 0 Å². The molecular weight excluding hydrogens is 475 g/mol. The molecule has 0 aliphatic heterocycles. The van der Waals surface area contributed by atoms with E-state index >= 15 is 0 Å². The number of carboxylic acid groups (broad SMARTS) is 1. The normalized spacial score (nSPS) is 10.5. The minimum atomic E-state index is -1.02. The molecule has 3 nitrogen and oxygen atoms in total. The zero-order valence-electron chi connectivity index (χ0n) is 15.4. The highest BCUT2D eigenvalue weighted by Gasteiger charge is 2.26. The number of hydrogen-bond donors (Lipinski definition) is 1. The van der Waals surface area contributed by atoms with Gasteiger partial charge in [-0.3, -0.25) is 0 Å². The standard InChI is InChI=1S/C25H17IO3/c26-29-24-21(18-12-6-2-7-13-18)16-20(17-10-4-1-5-11-17)22(23(24)25(27)28)19-14-8-3-9-15-19/h1-16H,(H,27,28). The molecule has 0 amide bonds. The monoisotopic (exact) mass is 492 g/mol. The van der Waals surface area contributed by atoms with Gasteiger partial charge >= 0.3 is 5.97 Å². The van der Waals surface area contributed by atoms with Crippen LogP contribution in [0.1, 0.15) is 10.4 Å². The van der Waals surface area contributed by atoms with Gasteiger partial charge < -0.3 is 8.17 Å². The van der Waals surface area contributed by atoms with Crippen LogP contribution in [0.3, 0.4) is 0 Å². The molecule has 142 valence electrons. The maximum absolute atomic E-state index is 12.5. The highest BCUT2D eigenvalue weighted by molar-refractivity contribution is 14.1. The fourth-order valence-corrected chi connectivity index (χ4v) is 3.99. The van der Waals surface area contributed by atoms with Gasteiger partial charge in [-0.05, 0) is 28.3 Å². The summed E-state index contributed by atoms with van der Waals surface area (Å²) >= 11 is 1.76. The van der Waals surface area contributed by atoms with E-state index in [4.69, 9.17) is 3.07 Å². The van der Waals surface area contributed by atoms with Gasteiger partial charge in [-0.25, -0.2) is 4.79 Å². The van der Waals surface area contributed by atoms with Crippen LogP contribution in [0.5, 0.6) is 5.75 Å². The SMILES string of the molecule is O=C(O)c1c(OI)c(-c2ccccc2)cc(-c2ccccc2)c1-c1ccccc1. The Hall–Kier alpha value is -3.12. The summed E-state index contributed by atoms with van der Waals surface area (Å²) in [6, 6.07) is 31.1. The molecule has 0 aliphatic carbocycles. The van der Waals surface area contributed by atoms with Crippen LogP contribution < -0.4 is 3.07 Å². The predicted molar refractivity (Wildman–Crippen MR) is 124 cm³/mol. The molecule has 0 aliphatic rings. The van der Waals surface area contributed by atoms with Crippen LogP contribution in [-0.4, -0.2) is 11.1 Å². The van der Waals surface area contributed by atoms with Crippen LogP contribution in [0.2, 0.25) is 0 Å². The second-order valence-electron chi connectivity index (χ2n) is 6.53. The summed E-state index contributed by atoms with van der Waals surface area (Å²) < 4.78 is 5.63. The maximum atomic E-state index is 12.5. The van der Waals surface area contributed by atoms with Crippen molar-refractivity contribution in [2.75, 3.05) is 0 Å². The molecule has 4 aromatic rings. The summed E-state index contributed by atoms with van der Waals surface area (Å²) in [5.41, 5.74) is 5.09. The lowest BCUT2D eigenvalue weighted by Crippen LogP contribution is -2.05. The molecule has 1 N–H and O–H groups in total. The van der Waals surface area contributed by atoms with Crippen LogP contribution >= 0.6 is 23.0 Å². The molecule has 0 radical (unpaired) electrons. The number of aromatic carboxylic acids is 1. The van der Waals surface area contributed by atoms with Crippen LogP contribution in [0, 0.1) is 0 Å². The van der Waals surface area contributed by atoms with Crippen molar-refractivity contribution in [1.82, 2.24) is 0 Å². The predicted octanol–water partition coefficient (Wildman–Crippen LogP) is 7.11. The fourth-order valence-electron chi connectivity index (χ4n) is 3.53. The Morgan fingerprint density at radius 2 is 1.14 bits per heavy atom. The second-order valence-corrected chi connectivity index (χ2v) is 6.97. The summed E-state index contributed by atoms with van der Waals surface area (Å²) in [6.45, 7) is 0. The Bertz CT molecular complexity index is 1140. The fraction of sp³-hybridized carbons (Fsp3) is 0. The molecule has 0 heterocycles. The van der Waals surface area contributed by atoms with Gasteiger partial charge in [-0.1, -0.05) is 91.0 Å². The highest BCUT2D eigenvalue weighted by Crippen LogP contribution is 2.46. The molecule has 4 rings (SSSR count). The first-order chi connectivity index (χ1) is 14.2. The minimum Gasteiger partial charge on any atom is -0.478 e. The average molecular weight is 492 g/mol. The molecule has 4 aromatic carbocycles. The van der Waals surface area contributed by atoms with Gasteiger partial charge in [0.25, 0.3) is 0 Å². The van der Waals surface area contributed by atoms with Gasteiger partial charge in [-0.2, -0.15) is 0 Å². The van der Waals surface area contributed by atoms with Crippen LogP contribution in [0.15, 0.2) is 97.1 Å². The maximum Gasteiger partial charge on any atom is 0.340 e. The van der Waals surface area contributed by atoms with Gasteiger partial charge in [-0.15, -0.1) is 0 Å². The van der Waals surface area contributed by atoms with E-state index in [1.165, 1.54) is 0 Å². The summed E-state index contributed by atoms with van der Waals surface area (Å²) in [5.74, 6) is -0.673. The number of rotatable bonds is 5. The Morgan fingerprint density at radius 3 is 1.59 bits per heavy atom. The van der Waals surface area contributed by atoms with Gasteiger partial charge in [0, 0.05) is 11.1 Å². The quantitative estimate of drug-likeness (QED) is 0.302. The lowest BCUT2D eigenvalue weighted by atomic mass is 9.86. The number of carbonyl (C=O) groups is 1. The summed E-state index contributed by atoms with van der Waals surface area (Å²) in [5, 5.41) is 10.2. The molecule has 0 unspecified atom stereocenters. The molecule has 0 spiro atoms. The van der Waals surface area contributed by atoms with E-state index in [-0.39, 0.29) is 5.56 Å². The number of hydrogen-bond acceptors (Lipinski definition) is 2. The Labute approximate surface area is 183 Å².